The van der Waals surface area contributed by atoms with Gasteiger partial charge in [-0.15, -0.1) is 0 Å². The Kier molecular flexibility index (Phi) is 11.2. The summed E-state index contributed by atoms with van der Waals surface area (Å²) in [5.74, 6) is -0.0636. The number of carbonyl (C=O) groups excluding carboxylic acids is 2. The molecule has 0 bridgehead atoms. The fourth-order valence-electron chi connectivity index (χ4n) is 6.27. The molecule has 4 N–H and O–H groups in total. The molecule has 8 heteroatoms. The van der Waals surface area contributed by atoms with Gasteiger partial charge in [0.1, 0.15) is 5.82 Å². The van der Waals surface area contributed by atoms with Crippen LogP contribution in [-0.2, 0) is 10.4 Å². The van der Waals surface area contributed by atoms with Crippen molar-refractivity contribution in [3.05, 3.63) is 35.1 Å². The third-order valence-electron chi connectivity index (χ3n) is 8.16. The smallest absolute Gasteiger partial charge is 0.317 e. The molecule has 1 heterocycles. The molecular formula is C29H47FN4O3. The van der Waals surface area contributed by atoms with E-state index in [0.717, 1.165) is 31.4 Å². The summed E-state index contributed by atoms with van der Waals surface area (Å²) in [6.45, 7) is 5.51. The fraction of sp³-hybridized carbons (Fsp3) is 0.724. The molecule has 1 aromatic rings. The Morgan fingerprint density at radius 2 is 1.92 bits per heavy atom. The average Bonchev–Trinajstić information content (AvgIpc) is 2.86. The molecule has 0 unspecified atom stereocenters. The number of likely N-dealkylation sites (tertiary alicyclic amines) is 1. The van der Waals surface area contributed by atoms with Gasteiger partial charge in [0.25, 0.3) is 0 Å². The maximum Gasteiger partial charge on any atom is 0.317 e. The first-order valence-electron chi connectivity index (χ1n) is 14.2. The van der Waals surface area contributed by atoms with E-state index in [1.807, 2.05) is 24.9 Å². The highest BCUT2D eigenvalue weighted by Gasteiger charge is 2.41. The SMILES string of the molecule is CNC[C@H](CC1CCCCC1)NC(=O)N1CCC[C@@H]([C@@](O)(CCCNC(C)=O)c2cc(C)cc(F)c2)C1. The van der Waals surface area contributed by atoms with Crippen molar-refractivity contribution in [1.29, 1.82) is 0 Å². The summed E-state index contributed by atoms with van der Waals surface area (Å²) in [4.78, 5) is 26.5. The molecule has 1 saturated carbocycles. The van der Waals surface area contributed by atoms with Crippen molar-refractivity contribution in [3.63, 3.8) is 0 Å². The zero-order valence-corrected chi connectivity index (χ0v) is 23.0. The predicted molar refractivity (Wildman–Crippen MR) is 145 cm³/mol. The number of halogens is 1. The van der Waals surface area contributed by atoms with E-state index >= 15 is 0 Å². The number of aliphatic hydroxyl groups is 1. The number of amides is 3. The number of hydrogen-bond donors (Lipinski definition) is 4. The molecule has 1 aliphatic carbocycles. The van der Waals surface area contributed by atoms with Crippen LogP contribution in [-0.4, -0.2) is 61.2 Å². The van der Waals surface area contributed by atoms with Gasteiger partial charge in [-0.1, -0.05) is 38.2 Å². The zero-order chi connectivity index (χ0) is 26.8. The minimum atomic E-state index is -1.29. The van der Waals surface area contributed by atoms with Crippen LogP contribution in [0.1, 0.15) is 82.3 Å². The van der Waals surface area contributed by atoms with E-state index in [0.29, 0.717) is 44.0 Å². The standard InChI is InChI=1S/C29H47FN4O3/c1-21-15-25(18-26(30)16-21)29(37,12-8-13-32-22(2)35)24-11-7-14-34(20-24)28(36)33-27(19-31-3)17-23-9-5-4-6-10-23/h15-16,18,23-24,27,31,37H,4-14,17,19-20H2,1-3H3,(H,32,35)(H,33,36)/t24-,27+,29+/m1/s1. The van der Waals surface area contributed by atoms with Crippen LogP contribution in [0.4, 0.5) is 9.18 Å². The first-order chi connectivity index (χ1) is 17.7. The summed E-state index contributed by atoms with van der Waals surface area (Å²) >= 11 is 0. The molecular weight excluding hydrogens is 471 g/mol. The molecule has 37 heavy (non-hydrogen) atoms. The maximum atomic E-state index is 14.4. The third-order valence-corrected chi connectivity index (χ3v) is 8.16. The fourth-order valence-corrected chi connectivity index (χ4v) is 6.27. The highest BCUT2D eigenvalue weighted by molar-refractivity contribution is 5.74. The molecule has 7 nitrogen and oxygen atoms in total. The number of piperidine rings is 1. The van der Waals surface area contributed by atoms with Gasteiger partial charge in [0, 0.05) is 45.1 Å². The largest absolute Gasteiger partial charge is 0.385 e. The van der Waals surface area contributed by atoms with Crippen LogP contribution < -0.4 is 16.0 Å². The number of benzene rings is 1. The number of hydrogen-bond acceptors (Lipinski definition) is 4. The van der Waals surface area contributed by atoms with Gasteiger partial charge in [0.05, 0.1) is 5.60 Å². The zero-order valence-electron chi connectivity index (χ0n) is 23.0. The van der Waals surface area contributed by atoms with E-state index in [2.05, 4.69) is 16.0 Å². The predicted octanol–water partition coefficient (Wildman–Crippen LogP) is 4.22. The lowest BCUT2D eigenvalue weighted by atomic mass is 9.74. The molecule has 3 amide bonds. The lowest BCUT2D eigenvalue weighted by Crippen LogP contribution is -2.54. The van der Waals surface area contributed by atoms with Crippen molar-refractivity contribution < 1.29 is 19.1 Å². The highest BCUT2D eigenvalue weighted by atomic mass is 19.1. The molecule has 2 aliphatic rings. The molecule has 208 valence electrons. The summed E-state index contributed by atoms with van der Waals surface area (Å²) in [5, 5.41) is 21.3. The van der Waals surface area contributed by atoms with Crippen LogP contribution in [0.2, 0.25) is 0 Å². The van der Waals surface area contributed by atoms with E-state index in [1.54, 1.807) is 0 Å². The van der Waals surface area contributed by atoms with Crippen molar-refractivity contribution in [2.45, 2.75) is 89.7 Å². The first kappa shape index (κ1) is 29.4. The normalized spacial score (nSPS) is 21.2. The van der Waals surface area contributed by atoms with E-state index < -0.39 is 5.60 Å². The molecule has 0 aromatic heterocycles. The Morgan fingerprint density at radius 1 is 1.16 bits per heavy atom. The summed E-state index contributed by atoms with van der Waals surface area (Å²) in [6, 6.07) is 4.70. The molecule has 3 atom stereocenters. The van der Waals surface area contributed by atoms with Crippen molar-refractivity contribution in [1.82, 2.24) is 20.9 Å². The van der Waals surface area contributed by atoms with E-state index in [4.69, 9.17) is 0 Å². The summed E-state index contributed by atoms with van der Waals surface area (Å²) < 4.78 is 14.4. The molecule has 1 aromatic carbocycles. The van der Waals surface area contributed by atoms with Crippen LogP contribution in [0.3, 0.4) is 0 Å². The lowest BCUT2D eigenvalue weighted by Gasteiger charge is -2.43. The Labute approximate surface area is 222 Å². The lowest BCUT2D eigenvalue weighted by molar-refractivity contribution is -0.119. The second-order valence-corrected chi connectivity index (χ2v) is 11.3. The van der Waals surface area contributed by atoms with Crippen LogP contribution in [0, 0.1) is 24.6 Å². The van der Waals surface area contributed by atoms with Gasteiger partial charge in [-0.3, -0.25) is 4.79 Å². The van der Waals surface area contributed by atoms with Gasteiger partial charge in [-0.25, -0.2) is 9.18 Å². The molecule has 3 rings (SSSR count). The van der Waals surface area contributed by atoms with Crippen LogP contribution in [0.5, 0.6) is 0 Å². The highest BCUT2D eigenvalue weighted by Crippen LogP contribution is 2.40. The molecule has 0 radical (unpaired) electrons. The van der Waals surface area contributed by atoms with Crippen molar-refractivity contribution in [2.24, 2.45) is 11.8 Å². The summed E-state index contributed by atoms with van der Waals surface area (Å²) in [7, 11) is 1.92. The van der Waals surface area contributed by atoms with Gasteiger partial charge >= 0.3 is 6.03 Å². The quantitative estimate of drug-likeness (QED) is 0.330. The Hall–Kier alpha value is -2.19. The third kappa shape index (κ3) is 8.67. The molecule has 0 spiro atoms. The Balaban J connectivity index is 1.71. The Morgan fingerprint density at radius 3 is 2.59 bits per heavy atom. The second-order valence-electron chi connectivity index (χ2n) is 11.3. The van der Waals surface area contributed by atoms with Crippen LogP contribution in [0.15, 0.2) is 18.2 Å². The van der Waals surface area contributed by atoms with Crippen molar-refractivity contribution in [2.75, 3.05) is 33.2 Å². The second kappa shape index (κ2) is 14.1. The van der Waals surface area contributed by atoms with Gasteiger partial charge in [0.15, 0.2) is 0 Å². The van der Waals surface area contributed by atoms with E-state index in [1.165, 1.54) is 51.2 Å². The summed E-state index contributed by atoms with van der Waals surface area (Å²) in [6.07, 6.45) is 9.78. The minimum absolute atomic E-state index is 0.0726. The number of nitrogens with zero attached hydrogens (tertiary/aromatic N) is 1. The number of carbonyl (C=O) groups is 2. The van der Waals surface area contributed by atoms with Gasteiger partial charge in [-0.05, 0) is 75.3 Å². The monoisotopic (exact) mass is 518 g/mol. The minimum Gasteiger partial charge on any atom is -0.385 e. The van der Waals surface area contributed by atoms with Crippen LogP contribution in [0.25, 0.3) is 0 Å². The summed E-state index contributed by atoms with van der Waals surface area (Å²) in [5.41, 5.74) is 0.000255. The Bertz CT molecular complexity index is 872. The van der Waals surface area contributed by atoms with Crippen LogP contribution >= 0.6 is 0 Å². The van der Waals surface area contributed by atoms with Gasteiger partial charge in [-0.2, -0.15) is 0 Å². The van der Waals surface area contributed by atoms with Gasteiger partial charge in [0.2, 0.25) is 5.91 Å². The number of nitrogens with one attached hydrogen (secondary N) is 3. The van der Waals surface area contributed by atoms with Crippen molar-refractivity contribution in [3.8, 4) is 0 Å². The first-order valence-corrected chi connectivity index (χ1v) is 14.2. The average molecular weight is 519 g/mol. The molecule has 2 fully saturated rings. The molecule has 1 aliphatic heterocycles. The molecule has 1 saturated heterocycles. The van der Waals surface area contributed by atoms with E-state index in [-0.39, 0.29) is 29.7 Å². The number of likely N-dealkylation sites (N-methyl/N-ethyl adjacent to an activating group) is 1. The topological polar surface area (TPSA) is 93.7 Å². The maximum absolute atomic E-state index is 14.4. The van der Waals surface area contributed by atoms with Crippen molar-refractivity contribution >= 4 is 11.9 Å². The van der Waals surface area contributed by atoms with E-state index in [9.17, 15) is 19.1 Å². The number of urea groups is 1. The number of aryl methyl sites for hydroxylation is 1. The number of rotatable bonds is 11. The van der Waals surface area contributed by atoms with Gasteiger partial charge < -0.3 is 26.0 Å².